The summed E-state index contributed by atoms with van der Waals surface area (Å²) in [5.41, 5.74) is 1.30. The van der Waals surface area contributed by atoms with Crippen molar-refractivity contribution in [3.63, 3.8) is 0 Å². The number of nitrogens with zero attached hydrogens (tertiary/aromatic N) is 1. The molecule has 0 heterocycles. The molecule has 2 aromatic rings. The highest BCUT2D eigenvalue weighted by molar-refractivity contribution is 5.95. The lowest BCUT2D eigenvalue weighted by Gasteiger charge is -2.22. The van der Waals surface area contributed by atoms with E-state index in [2.05, 4.69) is 5.32 Å². The number of para-hydroxylation sites is 1. The number of benzene rings is 2. The van der Waals surface area contributed by atoms with E-state index >= 15 is 0 Å². The Morgan fingerprint density at radius 2 is 1.68 bits per heavy atom. The SMILES string of the molecule is CCCN(CC(=O)Nc1ccccc1C)C(=O)Cc1ccc(C(F)(F)F)cc1. The number of aryl methyl sites for hydroxylation is 1. The Morgan fingerprint density at radius 1 is 1.04 bits per heavy atom. The van der Waals surface area contributed by atoms with Gasteiger partial charge in [0.1, 0.15) is 0 Å². The highest BCUT2D eigenvalue weighted by Crippen LogP contribution is 2.29. The summed E-state index contributed by atoms with van der Waals surface area (Å²) in [6.45, 7) is 4.04. The molecular weight excluding hydrogens is 369 g/mol. The van der Waals surface area contributed by atoms with E-state index in [0.29, 0.717) is 24.2 Å². The van der Waals surface area contributed by atoms with Crippen LogP contribution in [0.2, 0.25) is 0 Å². The molecule has 28 heavy (non-hydrogen) atoms. The van der Waals surface area contributed by atoms with Gasteiger partial charge in [-0.05, 0) is 42.7 Å². The lowest BCUT2D eigenvalue weighted by Crippen LogP contribution is -2.39. The summed E-state index contributed by atoms with van der Waals surface area (Å²) in [6.07, 6.45) is -3.81. The monoisotopic (exact) mass is 392 g/mol. The Morgan fingerprint density at radius 3 is 2.25 bits per heavy atom. The van der Waals surface area contributed by atoms with Crippen LogP contribution in [-0.4, -0.2) is 29.8 Å². The van der Waals surface area contributed by atoms with E-state index in [4.69, 9.17) is 0 Å². The number of rotatable bonds is 7. The van der Waals surface area contributed by atoms with Crippen molar-refractivity contribution in [1.82, 2.24) is 4.90 Å². The zero-order valence-electron chi connectivity index (χ0n) is 15.8. The van der Waals surface area contributed by atoms with E-state index in [1.54, 1.807) is 6.07 Å². The first-order chi connectivity index (χ1) is 13.2. The minimum absolute atomic E-state index is 0.0597. The maximum atomic E-state index is 12.6. The molecule has 0 unspecified atom stereocenters. The van der Waals surface area contributed by atoms with Gasteiger partial charge in [-0.2, -0.15) is 13.2 Å². The van der Waals surface area contributed by atoms with Gasteiger partial charge in [0.25, 0.3) is 0 Å². The minimum atomic E-state index is -4.41. The molecule has 2 rings (SSSR count). The number of amides is 2. The molecule has 1 N–H and O–H groups in total. The van der Waals surface area contributed by atoms with Gasteiger partial charge in [0.2, 0.25) is 11.8 Å². The molecule has 0 saturated heterocycles. The van der Waals surface area contributed by atoms with Gasteiger partial charge in [-0.25, -0.2) is 0 Å². The molecule has 0 aliphatic heterocycles. The van der Waals surface area contributed by atoms with Crippen LogP contribution in [0.5, 0.6) is 0 Å². The second kappa shape index (κ2) is 9.39. The van der Waals surface area contributed by atoms with Crippen molar-refractivity contribution in [3.8, 4) is 0 Å². The highest BCUT2D eigenvalue weighted by Gasteiger charge is 2.30. The summed E-state index contributed by atoms with van der Waals surface area (Å²) in [5.74, 6) is -0.620. The summed E-state index contributed by atoms with van der Waals surface area (Å²) >= 11 is 0. The summed E-state index contributed by atoms with van der Waals surface area (Å²) in [4.78, 5) is 26.3. The van der Waals surface area contributed by atoms with Gasteiger partial charge in [0, 0.05) is 12.2 Å². The normalized spacial score (nSPS) is 11.2. The van der Waals surface area contributed by atoms with Crippen molar-refractivity contribution in [3.05, 3.63) is 65.2 Å². The molecule has 2 aromatic carbocycles. The maximum absolute atomic E-state index is 12.6. The van der Waals surface area contributed by atoms with Gasteiger partial charge in [-0.1, -0.05) is 37.3 Å². The van der Waals surface area contributed by atoms with Crippen LogP contribution in [0, 0.1) is 6.92 Å². The van der Waals surface area contributed by atoms with Crippen LogP contribution in [0.25, 0.3) is 0 Å². The average molecular weight is 392 g/mol. The molecule has 0 saturated carbocycles. The van der Waals surface area contributed by atoms with Crippen LogP contribution in [0.1, 0.15) is 30.0 Å². The number of hydrogen-bond acceptors (Lipinski definition) is 2. The van der Waals surface area contributed by atoms with Crippen molar-refractivity contribution in [2.24, 2.45) is 0 Å². The Kier molecular flexibility index (Phi) is 7.20. The summed E-state index contributed by atoms with van der Waals surface area (Å²) in [5, 5.41) is 2.78. The molecule has 0 aromatic heterocycles. The molecule has 4 nitrogen and oxygen atoms in total. The van der Waals surface area contributed by atoms with Crippen LogP contribution in [-0.2, 0) is 22.2 Å². The first-order valence-corrected chi connectivity index (χ1v) is 9.00. The smallest absolute Gasteiger partial charge is 0.333 e. The molecule has 150 valence electrons. The summed E-state index contributed by atoms with van der Waals surface area (Å²) in [6, 6.07) is 11.8. The molecular formula is C21H23F3N2O2. The predicted octanol–water partition coefficient (Wildman–Crippen LogP) is 4.43. The zero-order valence-corrected chi connectivity index (χ0v) is 15.8. The molecule has 0 aliphatic rings. The molecule has 0 atom stereocenters. The van der Waals surface area contributed by atoms with E-state index in [-0.39, 0.29) is 24.8 Å². The number of alkyl halides is 3. The Hall–Kier alpha value is -2.83. The predicted molar refractivity (Wildman–Crippen MR) is 102 cm³/mol. The molecule has 2 amide bonds. The number of nitrogens with one attached hydrogen (secondary N) is 1. The third kappa shape index (κ3) is 6.11. The first-order valence-electron chi connectivity index (χ1n) is 9.00. The first kappa shape index (κ1) is 21.5. The quantitative estimate of drug-likeness (QED) is 0.758. The summed E-state index contributed by atoms with van der Waals surface area (Å²) < 4.78 is 37.9. The van der Waals surface area contributed by atoms with Crippen molar-refractivity contribution < 1.29 is 22.8 Å². The van der Waals surface area contributed by atoms with Crippen LogP contribution in [0.4, 0.5) is 18.9 Å². The van der Waals surface area contributed by atoms with E-state index in [0.717, 1.165) is 17.7 Å². The van der Waals surface area contributed by atoms with Crippen molar-refractivity contribution in [2.75, 3.05) is 18.4 Å². The van der Waals surface area contributed by atoms with E-state index in [1.165, 1.54) is 17.0 Å². The third-order valence-electron chi connectivity index (χ3n) is 4.24. The van der Waals surface area contributed by atoms with E-state index in [1.807, 2.05) is 32.0 Å². The lowest BCUT2D eigenvalue weighted by atomic mass is 10.1. The van der Waals surface area contributed by atoms with Crippen LogP contribution < -0.4 is 5.32 Å². The second-order valence-electron chi connectivity index (χ2n) is 6.55. The Balaban J connectivity index is 2.01. The zero-order chi connectivity index (χ0) is 20.7. The summed E-state index contributed by atoms with van der Waals surface area (Å²) in [7, 11) is 0. The highest BCUT2D eigenvalue weighted by atomic mass is 19.4. The molecule has 7 heteroatoms. The fourth-order valence-electron chi connectivity index (χ4n) is 2.74. The topological polar surface area (TPSA) is 49.4 Å². The van der Waals surface area contributed by atoms with E-state index in [9.17, 15) is 22.8 Å². The van der Waals surface area contributed by atoms with Gasteiger partial charge in [-0.3, -0.25) is 9.59 Å². The van der Waals surface area contributed by atoms with Gasteiger partial charge in [0.05, 0.1) is 18.5 Å². The average Bonchev–Trinajstić information content (AvgIpc) is 2.63. The molecule has 0 bridgehead atoms. The van der Waals surface area contributed by atoms with Crippen LogP contribution in [0.3, 0.4) is 0 Å². The lowest BCUT2D eigenvalue weighted by molar-refractivity contribution is -0.137. The number of anilines is 1. The van der Waals surface area contributed by atoms with Crippen molar-refractivity contribution in [2.45, 2.75) is 32.9 Å². The number of carbonyl (C=O) groups is 2. The van der Waals surface area contributed by atoms with Crippen molar-refractivity contribution in [1.29, 1.82) is 0 Å². The van der Waals surface area contributed by atoms with Gasteiger partial charge >= 0.3 is 6.18 Å². The molecule has 0 radical (unpaired) electrons. The van der Waals surface area contributed by atoms with Gasteiger partial charge in [0.15, 0.2) is 0 Å². The van der Waals surface area contributed by atoms with E-state index < -0.39 is 11.7 Å². The van der Waals surface area contributed by atoms with Gasteiger partial charge in [-0.15, -0.1) is 0 Å². The Labute approximate surface area is 162 Å². The van der Waals surface area contributed by atoms with Crippen LogP contribution in [0.15, 0.2) is 48.5 Å². The molecule has 0 spiro atoms. The fraction of sp³-hybridized carbons (Fsp3) is 0.333. The van der Waals surface area contributed by atoms with Crippen molar-refractivity contribution >= 4 is 17.5 Å². The van der Waals surface area contributed by atoms with Gasteiger partial charge < -0.3 is 10.2 Å². The molecule has 0 aliphatic carbocycles. The number of halogens is 3. The number of carbonyl (C=O) groups excluding carboxylic acids is 2. The number of hydrogen-bond donors (Lipinski definition) is 1. The minimum Gasteiger partial charge on any atom is -0.333 e. The maximum Gasteiger partial charge on any atom is 0.416 e. The standard InChI is InChI=1S/C21H23F3N2O2/c1-3-12-26(14-19(27)25-18-7-5-4-6-15(18)2)20(28)13-16-8-10-17(11-9-16)21(22,23)24/h4-11H,3,12-14H2,1-2H3,(H,25,27). The second-order valence-corrected chi connectivity index (χ2v) is 6.55. The van der Waals surface area contributed by atoms with Crippen LogP contribution >= 0.6 is 0 Å². The molecule has 0 fully saturated rings. The third-order valence-corrected chi connectivity index (χ3v) is 4.24. The fourth-order valence-corrected chi connectivity index (χ4v) is 2.74. The Bertz CT molecular complexity index is 817. The largest absolute Gasteiger partial charge is 0.416 e.